The van der Waals surface area contributed by atoms with E-state index >= 15 is 0 Å². The van der Waals surface area contributed by atoms with Crippen LogP contribution in [0.5, 0.6) is 11.6 Å². The van der Waals surface area contributed by atoms with Crippen molar-refractivity contribution in [1.82, 2.24) is 9.97 Å². The normalized spacial score (nSPS) is 14.5. The van der Waals surface area contributed by atoms with Crippen LogP contribution in [0, 0.1) is 5.92 Å². The second-order valence-electron chi connectivity index (χ2n) is 8.33. The van der Waals surface area contributed by atoms with Gasteiger partial charge in [-0.05, 0) is 61.1 Å². The number of aromatic nitrogens is 2. The maximum Gasteiger partial charge on any atom is 0.230 e. The van der Waals surface area contributed by atoms with Crippen molar-refractivity contribution in [1.29, 1.82) is 0 Å². The lowest BCUT2D eigenvalue weighted by molar-refractivity contribution is -0.118. The van der Waals surface area contributed by atoms with Gasteiger partial charge >= 0.3 is 0 Å². The van der Waals surface area contributed by atoms with Gasteiger partial charge in [0.25, 0.3) is 0 Å². The van der Waals surface area contributed by atoms with Gasteiger partial charge in [-0.25, -0.2) is 9.97 Å². The summed E-state index contributed by atoms with van der Waals surface area (Å²) in [7, 11) is 3.99. The molecule has 0 amide bonds. The average Bonchev–Trinajstić information content (AvgIpc) is 2.79. The zero-order valence-corrected chi connectivity index (χ0v) is 18.2. The van der Waals surface area contributed by atoms with Crippen molar-refractivity contribution >= 4 is 22.4 Å². The summed E-state index contributed by atoms with van der Waals surface area (Å²) in [5.41, 5.74) is 2.92. The minimum Gasteiger partial charge on any atom is -0.438 e. The van der Waals surface area contributed by atoms with Crippen LogP contribution >= 0.6 is 0 Å². The van der Waals surface area contributed by atoms with Crippen LogP contribution in [0.3, 0.4) is 0 Å². The summed E-state index contributed by atoms with van der Waals surface area (Å²) in [5, 5.41) is 0.862. The highest BCUT2D eigenvalue weighted by Crippen LogP contribution is 2.29. The molecule has 0 bridgehead atoms. The molecular weight excluding hydrogens is 390 g/mol. The lowest BCUT2D eigenvalue weighted by Crippen LogP contribution is -2.17. The number of carbonyl (C=O) groups excluding carboxylic acids is 1. The van der Waals surface area contributed by atoms with E-state index < -0.39 is 0 Å². The molecule has 0 spiro atoms. The number of hydrogen-bond donors (Lipinski definition) is 0. The Kier molecular flexibility index (Phi) is 6.77. The van der Waals surface area contributed by atoms with Crippen LogP contribution in [0.2, 0.25) is 0 Å². The summed E-state index contributed by atoms with van der Waals surface area (Å²) in [6, 6.07) is 13.7. The first-order valence-corrected chi connectivity index (χ1v) is 10.9. The minimum atomic E-state index is 0.290. The fourth-order valence-electron chi connectivity index (χ4n) is 3.88. The molecule has 0 unspecified atom stereocenters. The van der Waals surface area contributed by atoms with Gasteiger partial charge < -0.3 is 14.4 Å². The van der Waals surface area contributed by atoms with Crippen LogP contribution in [0.4, 0.5) is 5.69 Å². The molecule has 2 heterocycles. The lowest BCUT2D eigenvalue weighted by Gasteiger charge is -2.21. The van der Waals surface area contributed by atoms with Crippen molar-refractivity contribution in [2.45, 2.75) is 32.1 Å². The fourth-order valence-corrected chi connectivity index (χ4v) is 3.88. The standard InChI is InChI=1S/C25H29N3O3/c1-28(2)20-6-10-23-24(16-20)26-17-27-25(23)31-22-8-4-19(5-9-22)15-21(29)7-3-18-11-13-30-14-12-18/h4-6,8-10,16-18H,3,7,11-15H2,1-2H3. The maximum absolute atomic E-state index is 12.4. The minimum absolute atomic E-state index is 0.290. The van der Waals surface area contributed by atoms with Crippen LogP contribution in [0.15, 0.2) is 48.8 Å². The smallest absolute Gasteiger partial charge is 0.230 e. The molecule has 0 atom stereocenters. The van der Waals surface area contributed by atoms with E-state index in [0.717, 1.165) is 54.6 Å². The second-order valence-corrected chi connectivity index (χ2v) is 8.33. The van der Waals surface area contributed by atoms with Crippen LogP contribution in [-0.4, -0.2) is 43.1 Å². The number of nitrogens with zero attached hydrogens (tertiary/aromatic N) is 3. The van der Waals surface area contributed by atoms with Crippen molar-refractivity contribution in [3.63, 3.8) is 0 Å². The van der Waals surface area contributed by atoms with E-state index in [1.165, 1.54) is 6.33 Å². The Labute approximate surface area is 183 Å². The third kappa shape index (κ3) is 5.58. The molecule has 1 saturated heterocycles. The van der Waals surface area contributed by atoms with Crippen LogP contribution < -0.4 is 9.64 Å². The van der Waals surface area contributed by atoms with E-state index in [9.17, 15) is 4.79 Å². The monoisotopic (exact) mass is 419 g/mol. The van der Waals surface area contributed by atoms with Crippen LogP contribution in [0.25, 0.3) is 10.9 Å². The summed E-state index contributed by atoms with van der Waals surface area (Å²) >= 11 is 0. The predicted octanol–water partition coefficient (Wildman–Crippen LogP) is 4.81. The number of anilines is 1. The molecule has 1 aliphatic rings. The average molecular weight is 420 g/mol. The number of hydrogen-bond acceptors (Lipinski definition) is 6. The topological polar surface area (TPSA) is 64.5 Å². The molecule has 162 valence electrons. The highest BCUT2D eigenvalue weighted by Gasteiger charge is 2.15. The Hall–Kier alpha value is -2.99. The molecule has 0 N–H and O–H groups in total. The summed E-state index contributed by atoms with van der Waals surface area (Å²) in [5.74, 6) is 2.13. The zero-order valence-electron chi connectivity index (χ0n) is 18.2. The predicted molar refractivity (Wildman–Crippen MR) is 122 cm³/mol. The van der Waals surface area contributed by atoms with Crippen LogP contribution in [-0.2, 0) is 16.0 Å². The van der Waals surface area contributed by atoms with E-state index in [1.807, 2.05) is 61.5 Å². The molecular formula is C25H29N3O3. The van der Waals surface area contributed by atoms with Gasteiger partial charge in [0.15, 0.2) is 0 Å². The van der Waals surface area contributed by atoms with E-state index in [4.69, 9.17) is 9.47 Å². The number of ether oxygens (including phenoxy) is 2. The molecule has 0 saturated carbocycles. The number of ketones is 1. The fraction of sp³-hybridized carbons (Fsp3) is 0.400. The number of fused-ring (bicyclic) bond motifs is 1. The van der Waals surface area contributed by atoms with E-state index in [-0.39, 0.29) is 0 Å². The lowest BCUT2D eigenvalue weighted by atomic mass is 9.93. The van der Waals surface area contributed by atoms with Crippen molar-refractivity contribution < 1.29 is 14.3 Å². The van der Waals surface area contributed by atoms with Gasteiger partial charge in [0.1, 0.15) is 17.9 Å². The zero-order chi connectivity index (χ0) is 21.6. The molecule has 6 heteroatoms. The first kappa shape index (κ1) is 21.2. The summed E-state index contributed by atoms with van der Waals surface area (Å²) < 4.78 is 11.4. The van der Waals surface area contributed by atoms with E-state index in [0.29, 0.717) is 36.2 Å². The van der Waals surface area contributed by atoms with Gasteiger partial charge in [-0.2, -0.15) is 0 Å². The first-order valence-electron chi connectivity index (χ1n) is 10.9. The van der Waals surface area contributed by atoms with Gasteiger partial charge in [-0.1, -0.05) is 12.1 Å². The highest BCUT2D eigenvalue weighted by molar-refractivity contribution is 5.86. The molecule has 4 rings (SSSR count). The third-order valence-electron chi connectivity index (χ3n) is 5.81. The number of carbonyl (C=O) groups is 1. The number of benzene rings is 2. The number of rotatable bonds is 8. The molecule has 0 aliphatic carbocycles. The van der Waals surface area contributed by atoms with E-state index in [2.05, 4.69) is 9.97 Å². The Bertz CT molecular complexity index is 1030. The van der Waals surface area contributed by atoms with Gasteiger partial charge in [-0.3, -0.25) is 4.79 Å². The largest absolute Gasteiger partial charge is 0.438 e. The molecule has 0 radical (unpaired) electrons. The van der Waals surface area contributed by atoms with E-state index in [1.54, 1.807) is 0 Å². The van der Waals surface area contributed by atoms with Gasteiger partial charge in [0.05, 0.1) is 10.9 Å². The molecule has 2 aromatic carbocycles. The molecule has 31 heavy (non-hydrogen) atoms. The van der Waals surface area contributed by atoms with Crippen molar-refractivity contribution in [3.8, 4) is 11.6 Å². The molecule has 1 aromatic heterocycles. The molecule has 3 aromatic rings. The maximum atomic E-state index is 12.4. The molecule has 1 fully saturated rings. The van der Waals surface area contributed by atoms with Crippen LogP contribution in [0.1, 0.15) is 31.2 Å². The number of Topliss-reactive ketones (excluding diaryl/α,β-unsaturated/α-hetero) is 1. The second kappa shape index (κ2) is 9.88. The summed E-state index contributed by atoms with van der Waals surface area (Å²) in [6.45, 7) is 1.66. The Balaban J connectivity index is 1.36. The van der Waals surface area contributed by atoms with Crippen molar-refractivity contribution in [2.24, 2.45) is 5.92 Å². The third-order valence-corrected chi connectivity index (χ3v) is 5.81. The SMILES string of the molecule is CN(C)c1ccc2c(Oc3ccc(CC(=O)CCC4CCOCC4)cc3)ncnc2c1. The Morgan fingerprint density at radius 3 is 2.61 bits per heavy atom. The Morgan fingerprint density at radius 2 is 1.87 bits per heavy atom. The Morgan fingerprint density at radius 1 is 1.10 bits per heavy atom. The summed E-state index contributed by atoms with van der Waals surface area (Å²) in [4.78, 5) is 23.1. The molecule has 6 nitrogen and oxygen atoms in total. The molecule has 1 aliphatic heterocycles. The highest BCUT2D eigenvalue weighted by atomic mass is 16.5. The summed E-state index contributed by atoms with van der Waals surface area (Å²) in [6.07, 6.45) is 5.75. The van der Waals surface area contributed by atoms with Crippen molar-refractivity contribution in [2.75, 3.05) is 32.2 Å². The first-order chi connectivity index (χ1) is 15.1. The quantitative estimate of drug-likeness (QED) is 0.522. The van der Waals surface area contributed by atoms with Crippen molar-refractivity contribution in [3.05, 3.63) is 54.4 Å². The van der Waals surface area contributed by atoms with Gasteiger partial charge in [0.2, 0.25) is 5.88 Å². The van der Waals surface area contributed by atoms with Gasteiger partial charge in [-0.15, -0.1) is 0 Å². The van der Waals surface area contributed by atoms with Gasteiger partial charge in [0, 0.05) is 45.8 Å².